The van der Waals surface area contributed by atoms with Gasteiger partial charge in [0.25, 0.3) is 0 Å². The Bertz CT molecular complexity index is 518. The van der Waals surface area contributed by atoms with E-state index in [0.717, 1.165) is 25.1 Å². The van der Waals surface area contributed by atoms with Gasteiger partial charge in [0.05, 0.1) is 25.8 Å². The first-order valence-electron chi connectivity index (χ1n) is 6.98. The summed E-state index contributed by atoms with van der Waals surface area (Å²) in [6, 6.07) is 5.29. The molecule has 0 bridgehead atoms. The highest BCUT2D eigenvalue weighted by Crippen LogP contribution is 2.19. The molecular formula is C15H20N2O4. The van der Waals surface area contributed by atoms with Crippen LogP contribution in [-0.4, -0.2) is 49.1 Å². The van der Waals surface area contributed by atoms with Gasteiger partial charge in [-0.1, -0.05) is 6.07 Å². The second-order valence-electron chi connectivity index (χ2n) is 5.10. The third-order valence-electron chi connectivity index (χ3n) is 3.63. The zero-order valence-corrected chi connectivity index (χ0v) is 12.4. The van der Waals surface area contributed by atoms with E-state index in [9.17, 15) is 9.59 Å². The number of nitrogens with zero attached hydrogens (tertiary/aromatic N) is 2. The molecule has 1 atom stereocenters. The average Bonchev–Trinajstić information content (AvgIpc) is 2.53. The maximum absolute atomic E-state index is 11.6. The molecule has 6 heteroatoms. The number of carbonyl (C=O) groups is 2. The van der Waals surface area contributed by atoms with Gasteiger partial charge in [-0.2, -0.15) is 0 Å². The fourth-order valence-corrected chi connectivity index (χ4v) is 2.57. The van der Waals surface area contributed by atoms with Gasteiger partial charge in [0.15, 0.2) is 0 Å². The van der Waals surface area contributed by atoms with E-state index < -0.39 is 5.97 Å². The van der Waals surface area contributed by atoms with Crippen molar-refractivity contribution < 1.29 is 19.1 Å². The lowest BCUT2D eigenvalue weighted by Gasteiger charge is -2.30. The van der Waals surface area contributed by atoms with Gasteiger partial charge in [-0.15, -0.1) is 0 Å². The van der Waals surface area contributed by atoms with Crippen molar-refractivity contribution in [1.82, 2.24) is 9.88 Å². The molecule has 1 aromatic heterocycles. The maximum atomic E-state index is 11.6. The smallest absolute Gasteiger partial charge is 0.356 e. The van der Waals surface area contributed by atoms with Gasteiger partial charge in [-0.3, -0.25) is 9.69 Å². The molecule has 6 nitrogen and oxygen atoms in total. The van der Waals surface area contributed by atoms with Crippen LogP contribution in [0.3, 0.4) is 0 Å². The Morgan fingerprint density at radius 1 is 1.33 bits per heavy atom. The molecule has 0 saturated carbocycles. The standard InChI is InChI=1S/C15H20N2O4/c1-20-14(18)11-5-4-8-17(9-11)10-12-6-3-7-13(16-12)15(19)21-2/h3,6-7,11H,4-5,8-10H2,1-2H3. The summed E-state index contributed by atoms with van der Waals surface area (Å²) in [6.45, 7) is 2.19. The van der Waals surface area contributed by atoms with Crippen LogP contribution in [0.4, 0.5) is 0 Å². The predicted octanol–water partition coefficient (Wildman–Crippen LogP) is 1.25. The third kappa shape index (κ3) is 4.01. The first-order valence-corrected chi connectivity index (χ1v) is 6.98. The van der Waals surface area contributed by atoms with Crippen molar-refractivity contribution in [1.29, 1.82) is 0 Å². The Hall–Kier alpha value is -1.95. The summed E-state index contributed by atoms with van der Waals surface area (Å²) in [7, 11) is 2.75. The lowest BCUT2D eigenvalue weighted by molar-refractivity contribution is -0.147. The van der Waals surface area contributed by atoms with Crippen molar-refractivity contribution >= 4 is 11.9 Å². The van der Waals surface area contributed by atoms with Crippen LogP contribution in [0.1, 0.15) is 29.0 Å². The highest BCUT2D eigenvalue weighted by atomic mass is 16.5. The van der Waals surface area contributed by atoms with Gasteiger partial charge in [-0.25, -0.2) is 9.78 Å². The SMILES string of the molecule is COC(=O)c1cccc(CN2CCCC(C(=O)OC)C2)n1. The number of carbonyl (C=O) groups excluding carboxylic acids is 2. The number of rotatable bonds is 4. The van der Waals surface area contributed by atoms with E-state index in [2.05, 4.69) is 14.6 Å². The lowest BCUT2D eigenvalue weighted by Crippen LogP contribution is -2.38. The minimum absolute atomic E-state index is 0.0764. The molecule has 114 valence electrons. The van der Waals surface area contributed by atoms with Crippen LogP contribution in [0.2, 0.25) is 0 Å². The van der Waals surface area contributed by atoms with E-state index in [1.807, 2.05) is 6.07 Å². The molecule has 2 heterocycles. The van der Waals surface area contributed by atoms with E-state index in [1.165, 1.54) is 14.2 Å². The fourth-order valence-electron chi connectivity index (χ4n) is 2.57. The molecular weight excluding hydrogens is 272 g/mol. The van der Waals surface area contributed by atoms with Crippen LogP contribution in [0, 0.1) is 5.92 Å². The number of esters is 2. The van der Waals surface area contributed by atoms with E-state index >= 15 is 0 Å². The van der Waals surface area contributed by atoms with Crippen LogP contribution < -0.4 is 0 Å². The van der Waals surface area contributed by atoms with Crippen molar-refractivity contribution in [3.05, 3.63) is 29.6 Å². The average molecular weight is 292 g/mol. The molecule has 1 saturated heterocycles. The number of ether oxygens (including phenoxy) is 2. The first kappa shape index (κ1) is 15.4. The molecule has 0 aromatic carbocycles. The second kappa shape index (κ2) is 7.17. The van der Waals surface area contributed by atoms with Crippen molar-refractivity contribution in [3.63, 3.8) is 0 Å². The molecule has 0 N–H and O–H groups in total. The maximum Gasteiger partial charge on any atom is 0.356 e. The summed E-state index contributed by atoms with van der Waals surface area (Å²) < 4.78 is 9.48. The minimum Gasteiger partial charge on any atom is -0.469 e. The van der Waals surface area contributed by atoms with Crippen molar-refractivity contribution in [3.8, 4) is 0 Å². The molecule has 0 aliphatic carbocycles. The van der Waals surface area contributed by atoms with Crippen LogP contribution in [-0.2, 0) is 20.8 Å². The number of hydrogen-bond acceptors (Lipinski definition) is 6. The number of hydrogen-bond donors (Lipinski definition) is 0. The molecule has 1 fully saturated rings. The van der Waals surface area contributed by atoms with E-state index in [-0.39, 0.29) is 11.9 Å². The van der Waals surface area contributed by atoms with Gasteiger partial charge < -0.3 is 9.47 Å². The molecule has 2 rings (SSSR count). The summed E-state index contributed by atoms with van der Waals surface area (Å²) >= 11 is 0. The molecule has 0 spiro atoms. The zero-order chi connectivity index (χ0) is 15.2. The number of pyridine rings is 1. The van der Waals surface area contributed by atoms with Crippen LogP contribution in [0.5, 0.6) is 0 Å². The summed E-state index contributed by atoms with van der Waals surface area (Å²) in [5.74, 6) is -0.675. The lowest BCUT2D eigenvalue weighted by atomic mass is 9.98. The molecule has 0 radical (unpaired) electrons. The minimum atomic E-state index is -0.442. The van der Waals surface area contributed by atoms with Gasteiger partial charge in [0.2, 0.25) is 0 Å². The Labute approximate surface area is 124 Å². The Morgan fingerprint density at radius 2 is 2.14 bits per heavy atom. The highest BCUT2D eigenvalue weighted by molar-refractivity contribution is 5.87. The fraction of sp³-hybridized carbons (Fsp3) is 0.533. The Kier molecular flexibility index (Phi) is 5.27. The van der Waals surface area contributed by atoms with Crippen molar-refractivity contribution in [2.24, 2.45) is 5.92 Å². The molecule has 1 aliphatic rings. The number of methoxy groups -OCH3 is 2. The number of aromatic nitrogens is 1. The molecule has 1 aliphatic heterocycles. The summed E-state index contributed by atoms with van der Waals surface area (Å²) in [4.78, 5) is 29.6. The Morgan fingerprint density at radius 3 is 2.86 bits per heavy atom. The summed E-state index contributed by atoms with van der Waals surface area (Å²) in [5.41, 5.74) is 1.10. The van der Waals surface area contributed by atoms with Crippen molar-refractivity contribution in [2.45, 2.75) is 19.4 Å². The van der Waals surface area contributed by atoms with Crippen LogP contribution in [0.25, 0.3) is 0 Å². The topological polar surface area (TPSA) is 68.7 Å². The quantitative estimate of drug-likeness (QED) is 0.778. The third-order valence-corrected chi connectivity index (χ3v) is 3.63. The molecule has 1 unspecified atom stereocenters. The van der Waals surface area contributed by atoms with E-state index in [0.29, 0.717) is 18.8 Å². The second-order valence-corrected chi connectivity index (χ2v) is 5.10. The Balaban J connectivity index is 2.01. The van der Waals surface area contributed by atoms with Crippen LogP contribution in [0.15, 0.2) is 18.2 Å². The van der Waals surface area contributed by atoms with E-state index in [4.69, 9.17) is 4.74 Å². The van der Waals surface area contributed by atoms with Gasteiger partial charge in [0, 0.05) is 13.1 Å². The molecule has 0 amide bonds. The number of likely N-dealkylation sites (tertiary alicyclic amines) is 1. The monoisotopic (exact) mass is 292 g/mol. The predicted molar refractivity (Wildman–Crippen MR) is 75.6 cm³/mol. The normalized spacial score (nSPS) is 19.0. The number of piperidine rings is 1. The summed E-state index contributed by atoms with van der Waals surface area (Å²) in [6.07, 6.45) is 1.81. The molecule has 1 aromatic rings. The summed E-state index contributed by atoms with van der Waals surface area (Å²) in [5, 5.41) is 0. The van der Waals surface area contributed by atoms with Crippen molar-refractivity contribution in [2.75, 3.05) is 27.3 Å². The zero-order valence-electron chi connectivity index (χ0n) is 12.4. The van der Waals surface area contributed by atoms with Crippen LogP contribution >= 0.6 is 0 Å². The van der Waals surface area contributed by atoms with E-state index in [1.54, 1.807) is 12.1 Å². The highest BCUT2D eigenvalue weighted by Gasteiger charge is 2.26. The first-order chi connectivity index (χ1) is 10.1. The largest absolute Gasteiger partial charge is 0.469 e. The van der Waals surface area contributed by atoms with Gasteiger partial charge in [0.1, 0.15) is 5.69 Å². The van der Waals surface area contributed by atoms with Gasteiger partial charge >= 0.3 is 11.9 Å². The van der Waals surface area contributed by atoms with Gasteiger partial charge in [-0.05, 0) is 31.5 Å². The molecule has 21 heavy (non-hydrogen) atoms.